The van der Waals surface area contributed by atoms with Crippen LogP contribution in [0.4, 0.5) is 12.9 Å². The summed E-state index contributed by atoms with van der Waals surface area (Å²) in [5.74, 6) is 0.409. The van der Waals surface area contributed by atoms with Crippen LogP contribution in [0.15, 0.2) is 36.9 Å². The van der Waals surface area contributed by atoms with Crippen molar-refractivity contribution in [1.82, 2.24) is 0 Å². The molecule has 1 aromatic rings. The standard InChI is InChI=1S/C10H11BF3O.K/c1-3-8(2)15-10-6-4-9(5-7-10)11(12,13)14;/h3-8H,1H2,2H3;/q-1;+1. The molecular weight excluding hydrogens is 243 g/mol. The molecule has 0 spiro atoms. The van der Waals surface area contributed by atoms with Gasteiger partial charge in [-0.05, 0) is 19.1 Å². The largest absolute Gasteiger partial charge is 1.00 e. The molecule has 0 saturated heterocycles. The molecule has 0 aliphatic heterocycles. The smallest absolute Gasteiger partial charge is 0.487 e. The van der Waals surface area contributed by atoms with E-state index in [1.54, 1.807) is 13.0 Å². The van der Waals surface area contributed by atoms with Crippen LogP contribution in [-0.4, -0.2) is 13.1 Å². The molecule has 0 aromatic heterocycles. The number of hydrogen-bond donors (Lipinski definition) is 0. The Morgan fingerprint density at radius 3 is 2.12 bits per heavy atom. The normalized spacial score (nSPS) is 12.5. The molecule has 1 atom stereocenters. The van der Waals surface area contributed by atoms with Crippen LogP contribution in [0.5, 0.6) is 5.75 Å². The van der Waals surface area contributed by atoms with Crippen molar-refractivity contribution < 1.29 is 69.1 Å². The van der Waals surface area contributed by atoms with E-state index in [4.69, 9.17) is 4.74 Å². The van der Waals surface area contributed by atoms with E-state index < -0.39 is 12.4 Å². The van der Waals surface area contributed by atoms with Gasteiger partial charge in [-0.15, -0.1) is 5.46 Å². The first-order valence-corrected chi connectivity index (χ1v) is 4.52. The fraction of sp³-hybridized carbons (Fsp3) is 0.200. The molecule has 0 amide bonds. The summed E-state index contributed by atoms with van der Waals surface area (Å²) in [7, 11) is 0. The second kappa shape index (κ2) is 6.86. The predicted octanol–water partition coefficient (Wildman–Crippen LogP) is -0.302. The molecule has 1 rings (SSSR count). The van der Waals surface area contributed by atoms with Crippen molar-refractivity contribution in [2.45, 2.75) is 13.0 Å². The molecule has 16 heavy (non-hydrogen) atoms. The maximum Gasteiger partial charge on any atom is 1.00 e. The van der Waals surface area contributed by atoms with Gasteiger partial charge in [-0.2, -0.15) is 0 Å². The molecule has 0 aliphatic carbocycles. The topological polar surface area (TPSA) is 9.23 Å². The Morgan fingerprint density at radius 1 is 1.25 bits per heavy atom. The summed E-state index contributed by atoms with van der Waals surface area (Å²) in [6.45, 7) is 0.347. The molecule has 0 saturated carbocycles. The van der Waals surface area contributed by atoms with E-state index in [1.807, 2.05) is 0 Å². The van der Waals surface area contributed by atoms with Gasteiger partial charge in [0.05, 0.1) is 0 Å². The fourth-order valence-electron chi connectivity index (χ4n) is 1.03. The van der Waals surface area contributed by atoms with E-state index in [0.29, 0.717) is 5.75 Å². The monoisotopic (exact) mass is 254 g/mol. The Morgan fingerprint density at radius 2 is 1.75 bits per heavy atom. The van der Waals surface area contributed by atoms with Crippen LogP contribution in [0.3, 0.4) is 0 Å². The summed E-state index contributed by atoms with van der Waals surface area (Å²) >= 11 is 0. The van der Waals surface area contributed by atoms with Gasteiger partial charge in [0.25, 0.3) is 0 Å². The van der Waals surface area contributed by atoms with Gasteiger partial charge < -0.3 is 17.7 Å². The van der Waals surface area contributed by atoms with Crippen LogP contribution in [0.1, 0.15) is 6.92 Å². The van der Waals surface area contributed by atoms with E-state index in [0.717, 1.165) is 12.1 Å². The van der Waals surface area contributed by atoms with Gasteiger partial charge >= 0.3 is 58.4 Å². The van der Waals surface area contributed by atoms with Crippen LogP contribution in [0.2, 0.25) is 0 Å². The zero-order valence-electron chi connectivity index (χ0n) is 9.29. The van der Waals surface area contributed by atoms with Crippen molar-refractivity contribution in [3.05, 3.63) is 36.9 Å². The molecule has 0 radical (unpaired) electrons. The Kier molecular flexibility index (Phi) is 6.97. The minimum Gasteiger partial charge on any atom is -0.487 e. The first-order chi connectivity index (χ1) is 6.93. The summed E-state index contributed by atoms with van der Waals surface area (Å²) in [5.41, 5.74) is -0.617. The van der Waals surface area contributed by atoms with E-state index >= 15 is 0 Å². The second-order valence-corrected chi connectivity index (χ2v) is 3.20. The zero-order valence-corrected chi connectivity index (χ0v) is 12.4. The van der Waals surface area contributed by atoms with Gasteiger partial charge in [-0.25, -0.2) is 0 Å². The number of rotatable bonds is 4. The van der Waals surface area contributed by atoms with Crippen molar-refractivity contribution >= 4 is 12.4 Å². The second-order valence-electron chi connectivity index (χ2n) is 3.20. The van der Waals surface area contributed by atoms with E-state index in [9.17, 15) is 12.9 Å². The van der Waals surface area contributed by atoms with Crippen molar-refractivity contribution in [2.75, 3.05) is 0 Å². The predicted molar refractivity (Wildman–Crippen MR) is 55.4 cm³/mol. The third kappa shape index (κ3) is 5.05. The summed E-state index contributed by atoms with van der Waals surface area (Å²) in [6.07, 6.45) is 1.36. The van der Waals surface area contributed by atoms with Crippen LogP contribution in [-0.2, 0) is 0 Å². The van der Waals surface area contributed by atoms with Gasteiger partial charge in [-0.3, -0.25) is 0 Å². The molecule has 0 N–H and O–H groups in total. The Bertz CT molecular complexity index is 337. The number of hydrogen-bond acceptors (Lipinski definition) is 1. The van der Waals surface area contributed by atoms with Crippen molar-refractivity contribution in [1.29, 1.82) is 0 Å². The van der Waals surface area contributed by atoms with Crippen LogP contribution in [0.25, 0.3) is 0 Å². The summed E-state index contributed by atoms with van der Waals surface area (Å²) in [5, 5.41) is 0. The maximum absolute atomic E-state index is 12.3. The van der Waals surface area contributed by atoms with E-state index in [-0.39, 0.29) is 57.5 Å². The van der Waals surface area contributed by atoms with E-state index in [2.05, 4.69) is 6.58 Å². The first kappa shape index (κ1) is 16.3. The van der Waals surface area contributed by atoms with Gasteiger partial charge in [0.15, 0.2) is 0 Å². The van der Waals surface area contributed by atoms with E-state index in [1.165, 1.54) is 12.1 Å². The van der Waals surface area contributed by atoms with Crippen molar-refractivity contribution in [2.24, 2.45) is 0 Å². The average molecular weight is 254 g/mol. The maximum atomic E-state index is 12.3. The number of benzene rings is 1. The molecule has 6 heteroatoms. The molecule has 0 heterocycles. The zero-order chi connectivity index (χ0) is 11.5. The Hall–Kier alpha value is 0.251. The van der Waals surface area contributed by atoms with Gasteiger partial charge in [0.2, 0.25) is 0 Å². The number of ether oxygens (including phenoxy) is 1. The molecule has 0 aliphatic rings. The fourth-order valence-corrected chi connectivity index (χ4v) is 1.03. The summed E-state index contributed by atoms with van der Waals surface area (Å²) < 4.78 is 42.0. The molecule has 0 fully saturated rings. The quantitative estimate of drug-likeness (QED) is 0.529. The molecule has 0 bridgehead atoms. The summed E-state index contributed by atoms with van der Waals surface area (Å²) in [4.78, 5) is 0. The van der Waals surface area contributed by atoms with Gasteiger partial charge in [0.1, 0.15) is 11.9 Å². The Balaban J connectivity index is 0.00000225. The number of halogens is 3. The molecule has 1 unspecified atom stereocenters. The van der Waals surface area contributed by atoms with Crippen LogP contribution in [0, 0.1) is 0 Å². The third-order valence-electron chi connectivity index (χ3n) is 1.91. The van der Waals surface area contributed by atoms with Crippen molar-refractivity contribution in [3.8, 4) is 5.75 Å². The van der Waals surface area contributed by atoms with Gasteiger partial charge in [0, 0.05) is 0 Å². The molecule has 82 valence electrons. The molecular formula is C10H11BF3KO. The SMILES string of the molecule is C=CC(C)Oc1ccc([B-](F)(F)F)cc1.[K+]. The van der Waals surface area contributed by atoms with Crippen LogP contribution < -0.4 is 61.6 Å². The molecule has 1 nitrogen and oxygen atoms in total. The third-order valence-corrected chi connectivity index (χ3v) is 1.91. The minimum atomic E-state index is -4.92. The summed E-state index contributed by atoms with van der Waals surface area (Å²) in [6, 6.07) is 4.66. The molecule has 1 aromatic carbocycles. The van der Waals surface area contributed by atoms with Crippen molar-refractivity contribution in [3.63, 3.8) is 0 Å². The average Bonchev–Trinajstić information content (AvgIpc) is 2.17. The van der Waals surface area contributed by atoms with Gasteiger partial charge in [-0.1, -0.05) is 24.8 Å². The minimum absolute atomic E-state index is 0. The first-order valence-electron chi connectivity index (χ1n) is 4.52. The Labute approximate surface area is 136 Å². The van der Waals surface area contributed by atoms with Crippen LogP contribution >= 0.6 is 0 Å².